The maximum atomic E-state index is 12.9. The van der Waals surface area contributed by atoms with E-state index in [1.54, 1.807) is 61.2 Å². The van der Waals surface area contributed by atoms with Crippen molar-refractivity contribution in [3.05, 3.63) is 58.0 Å². The van der Waals surface area contributed by atoms with Crippen molar-refractivity contribution < 1.29 is 14.3 Å². The molecule has 2 aromatic rings. The van der Waals surface area contributed by atoms with Gasteiger partial charge in [-0.3, -0.25) is 14.4 Å². The molecule has 1 aromatic carbocycles. The number of methoxy groups -OCH3 is 1. The van der Waals surface area contributed by atoms with E-state index in [4.69, 9.17) is 4.74 Å². The van der Waals surface area contributed by atoms with E-state index in [-0.39, 0.29) is 30.0 Å². The Morgan fingerprint density at radius 2 is 2.00 bits per heavy atom. The Bertz CT molecular complexity index is 972. The Labute approximate surface area is 176 Å². The lowest BCUT2D eigenvalue weighted by atomic mass is 10.1. The molecule has 160 valence electrons. The highest BCUT2D eigenvalue weighted by Crippen LogP contribution is 2.20. The van der Waals surface area contributed by atoms with Gasteiger partial charge in [-0.15, -0.1) is 0 Å². The van der Waals surface area contributed by atoms with Crippen LogP contribution in [0.5, 0.6) is 5.75 Å². The van der Waals surface area contributed by atoms with Crippen LogP contribution in [0.2, 0.25) is 0 Å². The van der Waals surface area contributed by atoms with E-state index in [9.17, 15) is 14.4 Å². The molecule has 1 aliphatic rings. The molecular weight excluding hydrogens is 384 g/mol. The summed E-state index contributed by atoms with van der Waals surface area (Å²) in [6.45, 7) is 2.87. The van der Waals surface area contributed by atoms with Gasteiger partial charge in [-0.1, -0.05) is 6.07 Å². The number of hydrogen-bond acceptors (Lipinski definition) is 5. The third-order valence-electron chi connectivity index (χ3n) is 5.52. The van der Waals surface area contributed by atoms with Crippen LogP contribution in [0.25, 0.3) is 0 Å². The number of rotatable bonds is 5. The highest BCUT2D eigenvalue weighted by atomic mass is 16.5. The second kappa shape index (κ2) is 9.56. The van der Waals surface area contributed by atoms with E-state index in [1.165, 1.54) is 10.7 Å². The third kappa shape index (κ3) is 5.06. The van der Waals surface area contributed by atoms with Gasteiger partial charge in [-0.05, 0) is 50.5 Å². The van der Waals surface area contributed by atoms with Gasteiger partial charge >= 0.3 is 0 Å². The fraction of sp³-hybridized carbons (Fsp3) is 0.455. The van der Waals surface area contributed by atoms with Crippen LogP contribution in [0.15, 0.2) is 41.2 Å². The second-order valence-corrected chi connectivity index (χ2v) is 7.58. The van der Waals surface area contributed by atoms with Crippen molar-refractivity contribution in [2.24, 2.45) is 0 Å². The molecule has 0 spiro atoms. The van der Waals surface area contributed by atoms with Crippen LogP contribution in [0, 0.1) is 6.92 Å². The zero-order valence-corrected chi connectivity index (χ0v) is 17.7. The average Bonchev–Trinajstić information content (AvgIpc) is 3.01. The number of carbonyl (C=O) groups is 2. The summed E-state index contributed by atoms with van der Waals surface area (Å²) in [6.07, 6.45) is 2.30. The van der Waals surface area contributed by atoms with Gasteiger partial charge in [0.25, 0.3) is 11.5 Å². The van der Waals surface area contributed by atoms with Crippen LogP contribution in [-0.2, 0) is 11.3 Å². The SMILES string of the molecule is COc1cccc(C(=O)N(C)[C@H]2CCCN(C(=O)Cn3nc(C)ccc3=O)CC2)c1. The Hall–Kier alpha value is -3.16. The first-order valence-electron chi connectivity index (χ1n) is 10.1. The van der Waals surface area contributed by atoms with Crippen LogP contribution in [0.1, 0.15) is 35.3 Å². The van der Waals surface area contributed by atoms with E-state index >= 15 is 0 Å². The summed E-state index contributed by atoms with van der Waals surface area (Å²) in [7, 11) is 3.38. The summed E-state index contributed by atoms with van der Waals surface area (Å²) in [5.74, 6) is 0.457. The van der Waals surface area contributed by atoms with E-state index in [0.717, 1.165) is 12.8 Å². The first-order chi connectivity index (χ1) is 14.4. The summed E-state index contributed by atoms with van der Waals surface area (Å²) in [5, 5.41) is 4.14. The molecule has 0 N–H and O–H groups in total. The summed E-state index contributed by atoms with van der Waals surface area (Å²) in [5.41, 5.74) is 0.986. The second-order valence-electron chi connectivity index (χ2n) is 7.58. The summed E-state index contributed by atoms with van der Waals surface area (Å²) < 4.78 is 6.42. The summed E-state index contributed by atoms with van der Waals surface area (Å²) >= 11 is 0. The standard InChI is InChI=1S/C22H28N4O4/c1-16-9-10-20(27)26(23-16)15-21(28)25-12-5-7-18(11-13-25)24(2)22(29)17-6-4-8-19(14-17)30-3/h4,6,8-10,14,18H,5,7,11-13,15H2,1-3H3/t18-/m0/s1. The minimum absolute atomic E-state index is 0.0429. The quantitative estimate of drug-likeness (QED) is 0.747. The van der Waals surface area contributed by atoms with Crippen LogP contribution in [0.4, 0.5) is 0 Å². The molecule has 8 heteroatoms. The molecule has 1 fully saturated rings. The lowest BCUT2D eigenvalue weighted by Crippen LogP contribution is -2.40. The van der Waals surface area contributed by atoms with Crippen molar-refractivity contribution in [2.75, 3.05) is 27.2 Å². The van der Waals surface area contributed by atoms with Crippen LogP contribution in [-0.4, -0.2) is 64.7 Å². The molecule has 2 amide bonds. The zero-order valence-electron chi connectivity index (χ0n) is 17.7. The molecule has 1 saturated heterocycles. The molecule has 0 unspecified atom stereocenters. The molecule has 1 aromatic heterocycles. The molecule has 3 rings (SSSR count). The monoisotopic (exact) mass is 412 g/mol. The molecule has 0 bridgehead atoms. The van der Waals surface area contributed by atoms with Crippen LogP contribution in [0.3, 0.4) is 0 Å². The minimum Gasteiger partial charge on any atom is -0.497 e. The number of nitrogens with zero attached hydrogens (tertiary/aromatic N) is 4. The maximum absolute atomic E-state index is 12.9. The number of aryl methyl sites for hydroxylation is 1. The Morgan fingerprint density at radius 3 is 2.77 bits per heavy atom. The molecule has 30 heavy (non-hydrogen) atoms. The molecule has 0 radical (unpaired) electrons. The van der Waals surface area contributed by atoms with Crippen molar-refractivity contribution >= 4 is 11.8 Å². The molecule has 2 heterocycles. The van der Waals surface area contributed by atoms with Gasteiger partial charge < -0.3 is 14.5 Å². The first-order valence-corrected chi connectivity index (χ1v) is 10.1. The smallest absolute Gasteiger partial charge is 0.267 e. The zero-order chi connectivity index (χ0) is 21.7. The largest absolute Gasteiger partial charge is 0.497 e. The molecule has 1 aliphatic heterocycles. The number of ether oxygens (including phenoxy) is 1. The van der Waals surface area contributed by atoms with E-state index < -0.39 is 0 Å². The molecule has 8 nitrogen and oxygen atoms in total. The summed E-state index contributed by atoms with van der Waals surface area (Å²) in [4.78, 5) is 41.1. The molecule has 0 aliphatic carbocycles. The van der Waals surface area contributed by atoms with Gasteiger partial charge in [-0.25, -0.2) is 4.68 Å². The van der Waals surface area contributed by atoms with Gasteiger partial charge in [0.15, 0.2) is 0 Å². The number of benzene rings is 1. The van der Waals surface area contributed by atoms with E-state index in [2.05, 4.69) is 5.10 Å². The summed E-state index contributed by atoms with van der Waals surface area (Å²) in [6, 6.07) is 10.2. The lowest BCUT2D eigenvalue weighted by molar-refractivity contribution is -0.132. The van der Waals surface area contributed by atoms with E-state index in [0.29, 0.717) is 36.5 Å². The Kier molecular flexibility index (Phi) is 6.87. The van der Waals surface area contributed by atoms with E-state index in [1.807, 2.05) is 0 Å². The molecule has 0 saturated carbocycles. The fourth-order valence-electron chi connectivity index (χ4n) is 3.73. The predicted octanol–water partition coefficient (Wildman–Crippen LogP) is 1.71. The number of aromatic nitrogens is 2. The molecular formula is C22H28N4O4. The van der Waals surface area contributed by atoms with Gasteiger partial charge in [0.2, 0.25) is 5.91 Å². The number of carbonyl (C=O) groups excluding carboxylic acids is 2. The lowest BCUT2D eigenvalue weighted by Gasteiger charge is -2.27. The first kappa shape index (κ1) is 21.5. The average molecular weight is 412 g/mol. The topological polar surface area (TPSA) is 84.7 Å². The predicted molar refractivity (Wildman–Crippen MR) is 113 cm³/mol. The number of hydrogen-bond donors (Lipinski definition) is 0. The highest BCUT2D eigenvalue weighted by Gasteiger charge is 2.26. The van der Waals surface area contributed by atoms with Gasteiger partial charge in [0, 0.05) is 37.8 Å². The number of likely N-dealkylation sites (tertiary alicyclic amines) is 1. The van der Waals surface area contributed by atoms with Crippen molar-refractivity contribution in [1.82, 2.24) is 19.6 Å². The van der Waals surface area contributed by atoms with Crippen molar-refractivity contribution in [3.63, 3.8) is 0 Å². The van der Waals surface area contributed by atoms with Crippen molar-refractivity contribution in [2.45, 2.75) is 38.8 Å². The maximum Gasteiger partial charge on any atom is 0.267 e. The fourth-order valence-corrected chi connectivity index (χ4v) is 3.73. The van der Waals surface area contributed by atoms with Gasteiger partial charge in [-0.2, -0.15) is 5.10 Å². The number of amides is 2. The normalized spacial score (nSPS) is 16.6. The van der Waals surface area contributed by atoms with Crippen molar-refractivity contribution in [3.8, 4) is 5.75 Å². The Balaban J connectivity index is 1.62. The highest BCUT2D eigenvalue weighted by molar-refractivity contribution is 5.94. The van der Waals surface area contributed by atoms with Gasteiger partial charge in [0.1, 0.15) is 12.3 Å². The van der Waals surface area contributed by atoms with Crippen LogP contribution < -0.4 is 10.3 Å². The van der Waals surface area contributed by atoms with Crippen molar-refractivity contribution in [1.29, 1.82) is 0 Å². The van der Waals surface area contributed by atoms with Crippen LogP contribution >= 0.6 is 0 Å². The third-order valence-corrected chi connectivity index (χ3v) is 5.52. The van der Waals surface area contributed by atoms with Gasteiger partial charge in [0.05, 0.1) is 12.8 Å². The minimum atomic E-state index is -0.287. The Morgan fingerprint density at radius 1 is 1.20 bits per heavy atom. The molecule has 1 atom stereocenters.